The van der Waals surface area contributed by atoms with Crippen molar-refractivity contribution in [2.75, 3.05) is 32.8 Å². The van der Waals surface area contributed by atoms with Crippen LogP contribution >= 0.6 is 0 Å². The van der Waals surface area contributed by atoms with Crippen molar-refractivity contribution >= 4 is 5.91 Å². The minimum atomic E-state index is 0.0740. The number of quaternary nitrogens is 1. The van der Waals surface area contributed by atoms with Crippen molar-refractivity contribution in [2.45, 2.75) is 13.5 Å². The summed E-state index contributed by atoms with van der Waals surface area (Å²) >= 11 is 0. The van der Waals surface area contributed by atoms with E-state index in [4.69, 9.17) is 4.74 Å². The number of hydrogen-bond donors (Lipinski definition) is 1. The maximum absolute atomic E-state index is 12.3. The SMILES string of the molecule is Cc1cccc(OCC(=O)N2CC[NH+](Cc3cc[nH+]cc3)CC2)c1. The Kier molecular flexibility index (Phi) is 5.43. The lowest BCUT2D eigenvalue weighted by Gasteiger charge is -2.32. The molecule has 2 N–H and O–H groups in total. The number of hydrogen-bond acceptors (Lipinski definition) is 2. The molecule has 1 aromatic heterocycles. The Labute approximate surface area is 142 Å². The van der Waals surface area contributed by atoms with E-state index in [0.717, 1.165) is 44.0 Å². The number of aromatic nitrogens is 1. The van der Waals surface area contributed by atoms with E-state index < -0.39 is 0 Å². The molecule has 1 fully saturated rings. The van der Waals surface area contributed by atoms with Crippen molar-refractivity contribution < 1.29 is 19.4 Å². The molecule has 1 amide bonds. The predicted molar refractivity (Wildman–Crippen MR) is 90.7 cm³/mol. The minimum Gasteiger partial charge on any atom is -0.484 e. The summed E-state index contributed by atoms with van der Waals surface area (Å²) in [5, 5.41) is 0. The highest BCUT2D eigenvalue weighted by Crippen LogP contribution is 2.12. The second-order valence-electron chi connectivity index (χ2n) is 6.32. The quantitative estimate of drug-likeness (QED) is 0.848. The molecular weight excluding hydrogens is 302 g/mol. The van der Waals surface area contributed by atoms with E-state index >= 15 is 0 Å². The monoisotopic (exact) mass is 327 g/mol. The Morgan fingerprint density at radius 3 is 2.67 bits per heavy atom. The van der Waals surface area contributed by atoms with Crippen LogP contribution in [0.3, 0.4) is 0 Å². The number of carbonyl (C=O) groups is 1. The smallest absolute Gasteiger partial charge is 0.260 e. The zero-order valence-electron chi connectivity index (χ0n) is 14.1. The van der Waals surface area contributed by atoms with Crippen molar-refractivity contribution in [3.8, 4) is 5.75 Å². The lowest BCUT2D eigenvalue weighted by molar-refractivity contribution is -0.917. The number of amides is 1. The average molecular weight is 327 g/mol. The molecule has 1 aromatic carbocycles. The number of H-pyrrole nitrogens is 1. The molecule has 0 unspecified atom stereocenters. The molecule has 0 atom stereocenters. The van der Waals surface area contributed by atoms with Gasteiger partial charge in [0.25, 0.3) is 5.91 Å². The van der Waals surface area contributed by atoms with Crippen LogP contribution in [0.15, 0.2) is 48.8 Å². The zero-order valence-corrected chi connectivity index (χ0v) is 14.1. The van der Waals surface area contributed by atoms with Gasteiger partial charge in [-0.2, -0.15) is 0 Å². The van der Waals surface area contributed by atoms with Crippen molar-refractivity contribution in [3.05, 3.63) is 59.9 Å². The van der Waals surface area contributed by atoms with E-state index in [9.17, 15) is 4.79 Å². The molecule has 1 aliphatic rings. The topological polar surface area (TPSA) is 48.1 Å². The van der Waals surface area contributed by atoms with Crippen LogP contribution in [0.5, 0.6) is 5.75 Å². The van der Waals surface area contributed by atoms with Crippen molar-refractivity contribution in [1.82, 2.24) is 4.90 Å². The van der Waals surface area contributed by atoms with Gasteiger partial charge in [-0.05, 0) is 24.6 Å². The summed E-state index contributed by atoms with van der Waals surface area (Å²) in [5.74, 6) is 0.832. The van der Waals surface area contributed by atoms with E-state index in [2.05, 4.69) is 17.1 Å². The van der Waals surface area contributed by atoms with Crippen LogP contribution in [0.1, 0.15) is 11.1 Å². The fourth-order valence-electron chi connectivity index (χ4n) is 3.02. The van der Waals surface area contributed by atoms with E-state index in [1.807, 2.05) is 48.5 Å². The highest BCUT2D eigenvalue weighted by molar-refractivity contribution is 5.77. The van der Waals surface area contributed by atoms with Gasteiger partial charge in [0.15, 0.2) is 19.0 Å². The van der Waals surface area contributed by atoms with E-state index in [1.165, 1.54) is 10.5 Å². The van der Waals surface area contributed by atoms with Gasteiger partial charge < -0.3 is 14.5 Å². The lowest BCUT2D eigenvalue weighted by Crippen LogP contribution is -3.13. The number of piperazine rings is 1. The molecule has 5 heteroatoms. The number of rotatable bonds is 5. The first-order chi connectivity index (χ1) is 11.7. The highest BCUT2D eigenvalue weighted by Gasteiger charge is 2.24. The third-order valence-electron chi connectivity index (χ3n) is 4.42. The molecule has 1 aliphatic heterocycles. The first kappa shape index (κ1) is 16.5. The molecule has 5 nitrogen and oxygen atoms in total. The second kappa shape index (κ2) is 7.93. The summed E-state index contributed by atoms with van der Waals surface area (Å²) in [6, 6.07) is 12.0. The van der Waals surface area contributed by atoms with E-state index in [0.29, 0.717) is 0 Å². The van der Waals surface area contributed by atoms with Gasteiger partial charge in [0, 0.05) is 17.7 Å². The largest absolute Gasteiger partial charge is 0.484 e. The van der Waals surface area contributed by atoms with Gasteiger partial charge in [-0.1, -0.05) is 12.1 Å². The van der Waals surface area contributed by atoms with Crippen LogP contribution in [-0.2, 0) is 11.3 Å². The highest BCUT2D eigenvalue weighted by atomic mass is 16.5. The molecule has 2 aromatic rings. The Hall–Kier alpha value is -2.40. The summed E-state index contributed by atoms with van der Waals surface area (Å²) in [6.45, 7) is 6.70. The predicted octanol–water partition coefficient (Wildman–Crippen LogP) is 0.115. The molecular formula is C19H25N3O2+2. The number of nitrogens with one attached hydrogen (secondary N) is 2. The van der Waals surface area contributed by atoms with Gasteiger partial charge in [0.2, 0.25) is 0 Å². The second-order valence-corrected chi connectivity index (χ2v) is 6.32. The van der Waals surface area contributed by atoms with E-state index in [1.54, 1.807) is 0 Å². The number of ether oxygens (including phenoxy) is 1. The third-order valence-corrected chi connectivity index (χ3v) is 4.42. The number of nitrogens with zero attached hydrogens (tertiary/aromatic N) is 1. The van der Waals surface area contributed by atoms with Crippen LogP contribution < -0.4 is 14.6 Å². The van der Waals surface area contributed by atoms with Crippen molar-refractivity contribution in [3.63, 3.8) is 0 Å². The third kappa shape index (κ3) is 4.55. The number of benzene rings is 1. The molecule has 0 spiro atoms. The van der Waals surface area contributed by atoms with Crippen molar-refractivity contribution in [1.29, 1.82) is 0 Å². The number of aromatic amines is 1. The molecule has 0 radical (unpaired) electrons. The van der Waals surface area contributed by atoms with Gasteiger partial charge in [0.05, 0.1) is 26.2 Å². The molecule has 126 valence electrons. The van der Waals surface area contributed by atoms with Gasteiger partial charge in [0.1, 0.15) is 12.3 Å². The van der Waals surface area contributed by atoms with Crippen LogP contribution in [0.2, 0.25) is 0 Å². The lowest BCUT2D eigenvalue weighted by atomic mass is 10.2. The first-order valence-electron chi connectivity index (χ1n) is 8.46. The fraction of sp³-hybridized carbons (Fsp3) is 0.368. The van der Waals surface area contributed by atoms with Crippen LogP contribution in [0, 0.1) is 6.92 Å². The van der Waals surface area contributed by atoms with Crippen molar-refractivity contribution in [2.24, 2.45) is 0 Å². The van der Waals surface area contributed by atoms with Gasteiger partial charge in [-0.3, -0.25) is 4.79 Å². The van der Waals surface area contributed by atoms with Gasteiger partial charge in [-0.15, -0.1) is 0 Å². The van der Waals surface area contributed by atoms with Gasteiger partial charge >= 0.3 is 0 Å². The maximum atomic E-state index is 12.3. The maximum Gasteiger partial charge on any atom is 0.260 e. The number of carbonyl (C=O) groups excluding carboxylic acids is 1. The zero-order chi connectivity index (χ0) is 16.8. The minimum absolute atomic E-state index is 0.0740. The summed E-state index contributed by atoms with van der Waals surface area (Å²) in [4.78, 5) is 18.8. The molecule has 0 aliphatic carbocycles. The molecule has 24 heavy (non-hydrogen) atoms. The Morgan fingerprint density at radius 1 is 1.21 bits per heavy atom. The Morgan fingerprint density at radius 2 is 1.96 bits per heavy atom. The summed E-state index contributed by atoms with van der Waals surface area (Å²) in [7, 11) is 0. The molecule has 3 rings (SSSR count). The van der Waals surface area contributed by atoms with Gasteiger partial charge in [-0.25, -0.2) is 4.98 Å². The Bertz CT molecular complexity index is 667. The number of aryl methyl sites for hydroxylation is 1. The first-order valence-corrected chi connectivity index (χ1v) is 8.46. The number of pyridine rings is 1. The molecule has 0 bridgehead atoms. The standard InChI is InChI=1S/C19H23N3O2/c1-16-3-2-4-18(13-16)24-15-19(23)22-11-9-21(10-12-22)14-17-5-7-20-8-6-17/h2-8,13H,9-12,14-15H2,1H3/p+2. The fourth-order valence-corrected chi connectivity index (χ4v) is 3.02. The molecule has 1 saturated heterocycles. The normalized spacial score (nSPS) is 15.3. The molecule has 2 heterocycles. The van der Waals surface area contributed by atoms with Crippen LogP contribution in [-0.4, -0.2) is 43.6 Å². The van der Waals surface area contributed by atoms with E-state index in [-0.39, 0.29) is 12.5 Å². The summed E-state index contributed by atoms with van der Waals surface area (Å²) in [6.07, 6.45) is 3.91. The summed E-state index contributed by atoms with van der Waals surface area (Å²) < 4.78 is 5.62. The van der Waals surface area contributed by atoms with Crippen LogP contribution in [0.25, 0.3) is 0 Å². The molecule has 0 saturated carbocycles. The average Bonchev–Trinajstić information content (AvgIpc) is 2.61. The summed E-state index contributed by atoms with van der Waals surface area (Å²) in [5.41, 5.74) is 2.46. The Balaban J connectivity index is 1.43. The van der Waals surface area contributed by atoms with Crippen LogP contribution in [0.4, 0.5) is 0 Å².